The summed E-state index contributed by atoms with van der Waals surface area (Å²) < 4.78 is 0. The lowest BCUT2D eigenvalue weighted by Crippen LogP contribution is -2.54. The normalized spacial score (nSPS) is 23.0. The third-order valence-corrected chi connectivity index (χ3v) is 4.13. The first-order valence-electron chi connectivity index (χ1n) is 7.77. The molecular formula is C15H32N4O. The second-order valence-corrected chi connectivity index (χ2v) is 6.64. The van der Waals surface area contributed by atoms with E-state index in [1.165, 1.54) is 0 Å². The fraction of sp³-hybridized carbons (Fsp3) is 0.933. The zero-order valence-corrected chi connectivity index (χ0v) is 13.6. The second kappa shape index (κ2) is 8.60. The van der Waals surface area contributed by atoms with Crippen molar-refractivity contribution in [1.82, 2.24) is 15.1 Å². The Kier molecular flexibility index (Phi) is 7.48. The molecule has 0 bridgehead atoms. The largest absolute Gasteiger partial charge is 0.354 e. The number of nitrogens with two attached hydrogens (primary N) is 1. The minimum Gasteiger partial charge on any atom is -0.354 e. The van der Waals surface area contributed by atoms with Crippen molar-refractivity contribution in [3.05, 3.63) is 0 Å². The van der Waals surface area contributed by atoms with Crippen LogP contribution in [0.25, 0.3) is 0 Å². The van der Waals surface area contributed by atoms with E-state index < -0.39 is 0 Å². The summed E-state index contributed by atoms with van der Waals surface area (Å²) in [7, 11) is 4.26. The molecule has 1 saturated heterocycles. The number of nitrogens with one attached hydrogen (secondary N) is 1. The Labute approximate surface area is 123 Å². The first kappa shape index (κ1) is 17.4. The molecule has 0 radical (unpaired) electrons. The summed E-state index contributed by atoms with van der Waals surface area (Å²) in [5, 5.41) is 3.08. The van der Waals surface area contributed by atoms with Gasteiger partial charge in [-0.15, -0.1) is 0 Å². The van der Waals surface area contributed by atoms with Crippen molar-refractivity contribution in [2.45, 2.75) is 32.7 Å². The zero-order chi connectivity index (χ0) is 15.1. The van der Waals surface area contributed by atoms with Gasteiger partial charge in [0.15, 0.2) is 0 Å². The van der Waals surface area contributed by atoms with Crippen molar-refractivity contribution >= 4 is 5.91 Å². The molecule has 0 aromatic heterocycles. The number of likely N-dealkylation sites (N-methyl/N-ethyl adjacent to an activating group) is 2. The lowest BCUT2D eigenvalue weighted by molar-refractivity contribution is -0.122. The molecule has 1 fully saturated rings. The number of carbonyl (C=O) groups is 1. The van der Waals surface area contributed by atoms with Crippen LogP contribution in [0.15, 0.2) is 0 Å². The van der Waals surface area contributed by atoms with Crippen molar-refractivity contribution in [1.29, 1.82) is 0 Å². The molecule has 5 nitrogen and oxygen atoms in total. The SMILES string of the molecule is CC(C)C[C@H](CN)CC(=O)NCC1CN(C)CCN1C. The highest BCUT2D eigenvalue weighted by molar-refractivity contribution is 5.76. The molecule has 0 aromatic rings. The van der Waals surface area contributed by atoms with E-state index in [4.69, 9.17) is 5.73 Å². The van der Waals surface area contributed by atoms with Crippen LogP contribution >= 0.6 is 0 Å². The van der Waals surface area contributed by atoms with E-state index in [-0.39, 0.29) is 5.91 Å². The standard InChI is InChI=1S/C15H32N4O/c1-12(2)7-13(9-16)8-15(20)17-10-14-11-18(3)5-6-19(14)4/h12-14H,5-11,16H2,1-4H3,(H,17,20)/t13-,14?/m0/s1. The second-order valence-electron chi connectivity index (χ2n) is 6.64. The summed E-state index contributed by atoms with van der Waals surface area (Å²) in [6, 6.07) is 0.416. The predicted octanol–water partition coefficient (Wildman–Crippen LogP) is 0.360. The molecule has 118 valence electrons. The molecule has 3 N–H and O–H groups in total. The van der Waals surface area contributed by atoms with Gasteiger partial charge in [0.05, 0.1) is 0 Å². The van der Waals surface area contributed by atoms with Gasteiger partial charge in [-0.3, -0.25) is 9.69 Å². The van der Waals surface area contributed by atoms with Gasteiger partial charge in [0.25, 0.3) is 0 Å². The molecule has 1 unspecified atom stereocenters. The zero-order valence-electron chi connectivity index (χ0n) is 13.6. The summed E-state index contributed by atoms with van der Waals surface area (Å²) in [6.07, 6.45) is 1.58. The molecule has 0 aromatic carbocycles. The fourth-order valence-corrected chi connectivity index (χ4v) is 2.82. The Balaban J connectivity index is 2.31. The Morgan fingerprint density at radius 3 is 2.65 bits per heavy atom. The number of piperazine rings is 1. The monoisotopic (exact) mass is 284 g/mol. The average Bonchev–Trinajstić information content (AvgIpc) is 2.38. The summed E-state index contributed by atoms with van der Waals surface area (Å²) >= 11 is 0. The van der Waals surface area contributed by atoms with E-state index in [9.17, 15) is 4.79 Å². The van der Waals surface area contributed by atoms with Crippen molar-refractivity contribution in [3.8, 4) is 0 Å². The number of amides is 1. The lowest BCUT2D eigenvalue weighted by atomic mass is 9.94. The molecule has 1 rings (SSSR count). The highest BCUT2D eigenvalue weighted by atomic mass is 16.1. The minimum atomic E-state index is 0.141. The minimum absolute atomic E-state index is 0.141. The molecule has 1 aliphatic rings. The van der Waals surface area contributed by atoms with Crippen LogP contribution in [0.5, 0.6) is 0 Å². The van der Waals surface area contributed by atoms with Crippen molar-refractivity contribution < 1.29 is 4.79 Å². The van der Waals surface area contributed by atoms with E-state index in [2.05, 4.69) is 43.1 Å². The molecule has 0 saturated carbocycles. The van der Waals surface area contributed by atoms with Gasteiger partial charge in [-0.2, -0.15) is 0 Å². The smallest absolute Gasteiger partial charge is 0.220 e. The van der Waals surface area contributed by atoms with Gasteiger partial charge >= 0.3 is 0 Å². The Hall–Kier alpha value is -0.650. The molecule has 0 aliphatic carbocycles. The first-order chi connectivity index (χ1) is 9.42. The number of hydrogen-bond donors (Lipinski definition) is 2. The summed E-state index contributed by atoms with van der Waals surface area (Å²) in [5.74, 6) is 1.04. The molecule has 2 atom stereocenters. The van der Waals surface area contributed by atoms with E-state index in [0.717, 1.165) is 32.6 Å². The van der Waals surface area contributed by atoms with Crippen LogP contribution in [0.3, 0.4) is 0 Å². The van der Waals surface area contributed by atoms with E-state index in [1.54, 1.807) is 0 Å². The molecule has 20 heavy (non-hydrogen) atoms. The Morgan fingerprint density at radius 2 is 2.05 bits per heavy atom. The van der Waals surface area contributed by atoms with Crippen molar-refractivity contribution in [2.75, 3.05) is 46.8 Å². The summed E-state index contributed by atoms with van der Waals surface area (Å²) in [4.78, 5) is 16.7. The highest BCUT2D eigenvalue weighted by Crippen LogP contribution is 2.14. The van der Waals surface area contributed by atoms with Crippen molar-refractivity contribution in [3.63, 3.8) is 0 Å². The van der Waals surface area contributed by atoms with Crippen LogP contribution < -0.4 is 11.1 Å². The predicted molar refractivity (Wildman–Crippen MR) is 83.5 cm³/mol. The summed E-state index contributed by atoms with van der Waals surface area (Å²) in [6.45, 7) is 8.86. The molecule has 1 amide bonds. The van der Waals surface area contributed by atoms with Gasteiger partial charge in [-0.25, -0.2) is 0 Å². The third kappa shape index (κ3) is 6.20. The van der Waals surface area contributed by atoms with Gasteiger partial charge in [-0.1, -0.05) is 13.8 Å². The number of carbonyl (C=O) groups excluding carboxylic acids is 1. The van der Waals surface area contributed by atoms with E-state index >= 15 is 0 Å². The van der Waals surface area contributed by atoms with Crippen LogP contribution in [0, 0.1) is 11.8 Å². The Bertz CT molecular complexity index is 296. The summed E-state index contributed by atoms with van der Waals surface area (Å²) in [5.41, 5.74) is 5.75. The average molecular weight is 284 g/mol. The molecule has 5 heteroatoms. The number of nitrogens with zero attached hydrogens (tertiary/aromatic N) is 2. The maximum absolute atomic E-state index is 12.0. The van der Waals surface area contributed by atoms with Crippen LogP contribution in [0.1, 0.15) is 26.7 Å². The third-order valence-electron chi connectivity index (χ3n) is 4.13. The van der Waals surface area contributed by atoms with Gasteiger partial charge in [0, 0.05) is 38.6 Å². The van der Waals surface area contributed by atoms with Crippen LogP contribution in [-0.2, 0) is 4.79 Å². The number of hydrogen-bond acceptors (Lipinski definition) is 4. The van der Waals surface area contributed by atoms with Gasteiger partial charge < -0.3 is 16.0 Å². The van der Waals surface area contributed by atoms with Crippen LogP contribution in [-0.4, -0.2) is 68.6 Å². The van der Waals surface area contributed by atoms with E-state index in [0.29, 0.717) is 30.8 Å². The lowest BCUT2D eigenvalue weighted by Gasteiger charge is -2.37. The van der Waals surface area contributed by atoms with E-state index in [1.807, 2.05) is 0 Å². The van der Waals surface area contributed by atoms with Gasteiger partial charge in [-0.05, 0) is 38.9 Å². The molecule has 1 aliphatic heterocycles. The topological polar surface area (TPSA) is 61.6 Å². The van der Waals surface area contributed by atoms with Crippen LogP contribution in [0.2, 0.25) is 0 Å². The highest BCUT2D eigenvalue weighted by Gasteiger charge is 2.23. The maximum Gasteiger partial charge on any atom is 0.220 e. The molecule has 0 spiro atoms. The van der Waals surface area contributed by atoms with Gasteiger partial charge in [0.2, 0.25) is 5.91 Å². The van der Waals surface area contributed by atoms with Gasteiger partial charge in [0.1, 0.15) is 0 Å². The maximum atomic E-state index is 12.0. The first-order valence-corrected chi connectivity index (χ1v) is 7.77. The quantitative estimate of drug-likeness (QED) is 0.709. The number of rotatable bonds is 7. The Morgan fingerprint density at radius 1 is 1.35 bits per heavy atom. The molecule has 1 heterocycles. The molecular weight excluding hydrogens is 252 g/mol. The van der Waals surface area contributed by atoms with Crippen molar-refractivity contribution in [2.24, 2.45) is 17.6 Å². The fourth-order valence-electron chi connectivity index (χ4n) is 2.82. The van der Waals surface area contributed by atoms with Crippen LogP contribution in [0.4, 0.5) is 0 Å².